The van der Waals surface area contributed by atoms with E-state index in [1.807, 2.05) is 0 Å². The van der Waals surface area contributed by atoms with Crippen molar-refractivity contribution < 1.29 is 19.7 Å². The smallest absolute Gasteiger partial charge is 0.330 e. The van der Waals surface area contributed by atoms with Gasteiger partial charge in [-0.15, -0.1) is 0 Å². The summed E-state index contributed by atoms with van der Waals surface area (Å²) in [6.45, 7) is -0.330. The molecule has 3 rings (SSSR count). The zero-order valence-electron chi connectivity index (χ0n) is 9.28. The van der Waals surface area contributed by atoms with Gasteiger partial charge in [-0.1, -0.05) is 0 Å². The highest BCUT2D eigenvalue weighted by molar-refractivity contribution is 5.07. The highest BCUT2D eigenvalue weighted by atomic mass is 16.7. The first-order valence-electron chi connectivity index (χ1n) is 5.47. The molecule has 1 unspecified atom stereocenters. The van der Waals surface area contributed by atoms with Gasteiger partial charge in [0, 0.05) is 12.3 Å². The minimum absolute atomic E-state index is 0.0734. The second kappa shape index (κ2) is 3.75. The summed E-state index contributed by atoms with van der Waals surface area (Å²) in [6, 6.07) is 1.18. The topological polar surface area (TPSA) is 114 Å². The van der Waals surface area contributed by atoms with Crippen molar-refractivity contribution in [2.75, 3.05) is 13.2 Å². The molecule has 1 aromatic rings. The normalized spacial score (nSPS) is 38.2. The van der Waals surface area contributed by atoms with Crippen LogP contribution in [0.5, 0.6) is 0 Å². The van der Waals surface area contributed by atoms with Gasteiger partial charge in [0.1, 0.15) is 17.8 Å². The number of fused-ring (bicyclic) bond motifs is 2. The molecular formula is C10H12N2O6. The highest BCUT2D eigenvalue weighted by Gasteiger charge is 2.61. The Morgan fingerprint density at radius 2 is 2.33 bits per heavy atom. The van der Waals surface area contributed by atoms with Gasteiger partial charge < -0.3 is 19.7 Å². The third-order valence-electron chi connectivity index (χ3n) is 3.40. The summed E-state index contributed by atoms with van der Waals surface area (Å²) in [6.07, 6.45) is -1.33. The lowest BCUT2D eigenvalue weighted by Gasteiger charge is -2.29. The Morgan fingerprint density at radius 1 is 1.56 bits per heavy atom. The minimum atomic E-state index is -1.19. The van der Waals surface area contributed by atoms with Crippen LogP contribution in [0.3, 0.4) is 0 Å². The lowest BCUT2D eigenvalue weighted by Crippen LogP contribution is -2.44. The second-order valence-corrected chi connectivity index (χ2v) is 4.47. The maximum absolute atomic E-state index is 11.6. The van der Waals surface area contributed by atoms with Crippen LogP contribution in [0.25, 0.3) is 0 Å². The van der Waals surface area contributed by atoms with Crippen LogP contribution in [-0.4, -0.2) is 50.8 Å². The van der Waals surface area contributed by atoms with Gasteiger partial charge in [0.2, 0.25) is 0 Å². The summed E-state index contributed by atoms with van der Waals surface area (Å²) < 4.78 is 12.0. The van der Waals surface area contributed by atoms with Crippen molar-refractivity contribution in [2.45, 2.75) is 24.0 Å². The number of aliphatic hydroxyl groups is 2. The van der Waals surface area contributed by atoms with Gasteiger partial charge in [-0.25, -0.2) is 4.79 Å². The third-order valence-corrected chi connectivity index (χ3v) is 3.40. The summed E-state index contributed by atoms with van der Waals surface area (Å²) in [5.74, 6) is 0. The van der Waals surface area contributed by atoms with E-state index in [4.69, 9.17) is 9.47 Å². The van der Waals surface area contributed by atoms with Crippen LogP contribution in [0.2, 0.25) is 0 Å². The highest BCUT2D eigenvalue weighted by Crippen LogP contribution is 2.43. The fraction of sp³-hybridized carbons (Fsp3) is 0.600. The Labute approximate surface area is 100 Å². The van der Waals surface area contributed by atoms with E-state index < -0.39 is 41.9 Å². The summed E-state index contributed by atoms with van der Waals surface area (Å²) >= 11 is 0. The lowest BCUT2D eigenvalue weighted by molar-refractivity contribution is -0.187. The predicted octanol–water partition coefficient (Wildman–Crippen LogP) is -2.44. The van der Waals surface area contributed by atoms with Crippen LogP contribution in [0.1, 0.15) is 6.23 Å². The molecule has 0 amide bonds. The zero-order valence-corrected chi connectivity index (χ0v) is 9.28. The van der Waals surface area contributed by atoms with Crippen molar-refractivity contribution in [2.24, 2.45) is 0 Å². The quantitative estimate of drug-likeness (QED) is 0.541. The van der Waals surface area contributed by atoms with Crippen molar-refractivity contribution in [3.8, 4) is 0 Å². The van der Waals surface area contributed by atoms with Crippen molar-refractivity contribution in [3.05, 3.63) is 33.1 Å². The van der Waals surface area contributed by atoms with Gasteiger partial charge in [-0.2, -0.15) is 0 Å². The first-order chi connectivity index (χ1) is 8.57. The molecule has 2 aliphatic heterocycles. The van der Waals surface area contributed by atoms with E-state index in [1.165, 1.54) is 12.3 Å². The molecule has 2 bridgehead atoms. The van der Waals surface area contributed by atoms with Crippen LogP contribution in [0.15, 0.2) is 21.9 Å². The van der Waals surface area contributed by atoms with Gasteiger partial charge in [0.05, 0.1) is 13.2 Å². The summed E-state index contributed by atoms with van der Waals surface area (Å²) in [5, 5.41) is 19.2. The number of H-pyrrole nitrogens is 1. The molecule has 2 saturated heterocycles. The Bertz CT molecular complexity index is 580. The van der Waals surface area contributed by atoms with Gasteiger partial charge in [0.15, 0.2) is 6.23 Å². The maximum Gasteiger partial charge on any atom is 0.330 e. The van der Waals surface area contributed by atoms with Gasteiger partial charge in [-0.3, -0.25) is 14.3 Å². The van der Waals surface area contributed by atoms with Crippen molar-refractivity contribution in [1.82, 2.24) is 9.55 Å². The molecule has 2 fully saturated rings. The van der Waals surface area contributed by atoms with Gasteiger partial charge in [0.25, 0.3) is 5.56 Å². The number of rotatable bonds is 2. The maximum atomic E-state index is 11.6. The molecule has 3 heterocycles. The SMILES string of the molecule is O=c1ccn(C2O[C@]3(CO)CO[C@@H]2[C@@H]3O)c(=O)[nH]1. The number of aliphatic hydroxyl groups excluding tert-OH is 2. The molecule has 8 heteroatoms. The van der Waals surface area contributed by atoms with Crippen molar-refractivity contribution in [1.29, 1.82) is 0 Å². The van der Waals surface area contributed by atoms with Crippen LogP contribution in [-0.2, 0) is 9.47 Å². The Kier molecular flexibility index (Phi) is 2.42. The molecule has 4 atom stereocenters. The van der Waals surface area contributed by atoms with E-state index in [1.54, 1.807) is 0 Å². The number of aromatic amines is 1. The van der Waals surface area contributed by atoms with Crippen LogP contribution in [0, 0.1) is 0 Å². The van der Waals surface area contributed by atoms with Gasteiger partial charge in [-0.05, 0) is 0 Å². The van der Waals surface area contributed by atoms with E-state index in [0.29, 0.717) is 0 Å². The van der Waals surface area contributed by atoms with E-state index >= 15 is 0 Å². The monoisotopic (exact) mass is 256 g/mol. The second-order valence-electron chi connectivity index (χ2n) is 4.47. The number of nitrogens with zero attached hydrogens (tertiary/aromatic N) is 1. The van der Waals surface area contributed by atoms with E-state index in [0.717, 1.165) is 4.57 Å². The van der Waals surface area contributed by atoms with Crippen LogP contribution >= 0.6 is 0 Å². The van der Waals surface area contributed by atoms with E-state index in [2.05, 4.69) is 4.98 Å². The number of nitrogens with one attached hydrogen (secondary N) is 1. The van der Waals surface area contributed by atoms with Crippen molar-refractivity contribution in [3.63, 3.8) is 0 Å². The zero-order chi connectivity index (χ0) is 12.9. The molecule has 2 aliphatic rings. The average molecular weight is 256 g/mol. The molecule has 0 radical (unpaired) electrons. The molecule has 8 nitrogen and oxygen atoms in total. The molecule has 0 aromatic carbocycles. The molecule has 18 heavy (non-hydrogen) atoms. The van der Waals surface area contributed by atoms with Gasteiger partial charge >= 0.3 is 5.69 Å². The lowest BCUT2D eigenvalue weighted by atomic mass is 10.0. The molecule has 1 aromatic heterocycles. The Balaban J connectivity index is 2.01. The summed E-state index contributed by atoms with van der Waals surface area (Å²) in [4.78, 5) is 24.7. The van der Waals surface area contributed by atoms with Crippen LogP contribution < -0.4 is 11.2 Å². The third kappa shape index (κ3) is 1.40. The molecule has 0 spiro atoms. The molecular weight excluding hydrogens is 244 g/mol. The number of hydrogen-bond acceptors (Lipinski definition) is 6. The van der Waals surface area contributed by atoms with E-state index in [-0.39, 0.29) is 6.61 Å². The average Bonchev–Trinajstić information content (AvgIpc) is 2.81. The summed E-state index contributed by atoms with van der Waals surface area (Å²) in [5.41, 5.74) is -2.35. The molecule has 98 valence electrons. The molecule has 0 saturated carbocycles. The number of aromatic nitrogens is 2. The first kappa shape index (κ1) is 11.6. The largest absolute Gasteiger partial charge is 0.393 e. The van der Waals surface area contributed by atoms with Crippen molar-refractivity contribution >= 4 is 0 Å². The van der Waals surface area contributed by atoms with E-state index in [9.17, 15) is 19.8 Å². The first-order valence-corrected chi connectivity index (χ1v) is 5.47. The summed E-state index contributed by atoms with van der Waals surface area (Å²) in [7, 11) is 0. The number of hydrogen-bond donors (Lipinski definition) is 3. The predicted molar refractivity (Wildman–Crippen MR) is 57.0 cm³/mol. The molecule has 3 N–H and O–H groups in total. The number of ether oxygens (including phenoxy) is 2. The fourth-order valence-corrected chi connectivity index (χ4v) is 2.38. The molecule has 0 aliphatic carbocycles. The minimum Gasteiger partial charge on any atom is -0.393 e. The van der Waals surface area contributed by atoms with Crippen LogP contribution in [0.4, 0.5) is 0 Å². The Morgan fingerprint density at radius 3 is 2.94 bits per heavy atom. The Hall–Kier alpha value is -1.48. The fourth-order valence-electron chi connectivity index (χ4n) is 2.38. The standard InChI is InChI=1S/C10H12N2O6/c13-3-10-4-17-6(7(10)15)8(18-10)12-2-1-5(14)11-9(12)16/h1-2,6-8,13,15H,3-4H2,(H,11,14,16)/t6-,7+,8?,10-/m1/s1.